The van der Waals surface area contributed by atoms with E-state index >= 15 is 0 Å². The molecule has 0 saturated heterocycles. The number of nitrogens with two attached hydrogens (primary N) is 1. The third-order valence-corrected chi connectivity index (χ3v) is 2.54. The van der Waals surface area contributed by atoms with E-state index in [1.165, 1.54) is 6.39 Å². The van der Waals surface area contributed by atoms with E-state index in [4.69, 9.17) is 10.5 Å². The number of nitrogen functional groups attached to an aromatic ring is 1. The van der Waals surface area contributed by atoms with Crippen molar-refractivity contribution in [3.63, 3.8) is 0 Å². The van der Waals surface area contributed by atoms with E-state index in [1.54, 1.807) is 18.2 Å². The minimum Gasteiger partial charge on any atom is -0.494 e. The second-order valence-electron chi connectivity index (χ2n) is 4.08. The van der Waals surface area contributed by atoms with Gasteiger partial charge in [-0.05, 0) is 19.1 Å². The fourth-order valence-electron chi connectivity index (χ4n) is 1.70. The molecule has 0 bridgehead atoms. The topological polar surface area (TPSA) is 103 Å². The standard InChI is InChI=1S/C13H16N4O3/c1-2-19-11-6-9(5-10(14)7-11)13(18)15-4-3-12-16-8-20-17-12/h5-8H,2-4,14H2,1H3,(H,15,18). The van der Waals surface area contributed by atoms with E-state index in [0.717, 1.165) is 0 Å². The van der Waals surface area contributed by atoms with Crippen molar-refractivity contribution in [1.29, 1.82) is 0 Å². The van der Waals surface area contributed by atoms with Crippen LogP contribution in [-0.4, -0.2) is 29.2 Å². The molecule has 7 nitrogen and oxygen atoms in total. The van der Waals surface area contributed by atoms with E-state index in [9.17, 15) is 4.79 Å². The SMILES string of the molecule is CCOc1cc(N)cc(C(=O)NCCc2ncon2)c1. The number of hydrogen-bond acceptors (Lipinski definition) is 6. The molecule has 0 saturated carbocycles. The lowest BCUT2D eigenvalue weighted by Crippen LogP contribution is -2.26. The quantitative estimate of drug-likeness (QED) is 0.763. The van der Waals surface area contributed by atoms with Gasteiger partial charge < -0.3 is 20.3 Å². The van der Waals surface area contributed by atoms with Gasteiger partial charge in [-0.1, -0.05) is 5.16 Å². The van der Waals surface area contributed by atoms with Crippen LogP contribution in [0.2, 0.25) is 0 Å². The highest BCUT2D eigenvalue weighted by molar-refractivity contribution is 5.95. The lowest BCUT2D eigenvalue weighted by molar-refractivity contribution is 0.0953. The number of hydrogen-bond donors (Lipinski definition) is 2. The van der Waals surface area contributed by atoms with Gasteiger partial charge in [-0.3, -0.25) is 4.79 Å². The largest absolute Gasteiger partial charge is 0.494 e. The number of aromatic nitrogens is 2. The first kappa shape index (κ1) is 13.9. The van der Waals surface area contributed by atoms with Gasteiger partial charge in [0.2, 0.25) is 6.39 Å². The van der Waals surface area contributed by atoms with Crippen molar-refractivity contribution in [2.75, 3.05) is 18.9 Å². The zero-order chi connectivity index (χ0) is 14.4. The molecular weight excluding hydrogens is 260 g/mol. The van der Waals surface area contributed by atoms with Crippen molar-refractivity contribution in [1.82, 2.24) is 15.5 Å². The molecule has 1 amide bonds. The first-order chi connectivity index (χ1) is 9.69. The number of ether oxygens (including phenoxy) is 1. The molecule has 0 radical (unpaired) electrons. The summed E-state index contributed by atoms with van der Waals surface area (Å²) in [6, 6.07) is 4.94. The predicted molar refractivity (Wildman–Crippen MR) is 72.4 cm³/mol. The van der Waals surface area contributed by atoms with Gasteiger partial charge in [0, 0.05) is 30.3 Å². The van der Waals surface area contributed by atoms with Gasteiger partial charge in [-0.25, -0.2) is 0 Å². The first-order valence-electron chi connectivity index (χ1n) is 6.26. The normalized spacial score (nSPS) is 10.2. The number of carbonyl (C=O) groups is 1. The number of carbonyl (C=O) groups excluding carboxylic acids is 1. The summed E-state index contributed by atoms with van der Waals surface area (Å²) in [6.45, 7) is 2.80. The van der Waals surface area contributed by atoms with E-state index in [-0.39, 0.29) is 5.91 Å². The Hall–Kier alpha value is -2.57. The Morgan fingerprint density at radius 3 is 3.00 bits per heavy atom. The van der Waals surface area contributed by atoms with Crippen molar-refractivity contribution in [2.45, 2.75) is 13.3 Å². The van der Waals surface area contributed by atoms with Crippen molar-refractivity contribution in [3.8, 4) is 5.75 Å². The highest BCUT2D eigenvalue weighted by Gasteiger charge is 2.09. The molecule has 0 fully saturated rings. The molecule has 3 N–H and O–H groups in total. The lowest BCUT2D eigenvalue weighted by Gasteiger charge is -2.08. The minimum atomic E-state index is -0.221. The Kier molecular flexibility index (Phi) is 4.54. The molecular formula is C13H16N4O3. The van der Waals surface area contributed by atoms with Crippen LogP contribution in [0.25, 0.3) is 0 Å². The summed E-state index contributed by atoms with van der Waals surface area (Å²) in [5.41, 5.74) is 6.69. The summed E-state index contributed by atoms with van der Waals surface area (Å²) < 4.78 is 9.96. The molecule has 7 heteroatoms. The Morgan fingerprint density at radius 2 is 2.30 bits per heavy atom. The van der Waals surface area contributed by atoms with Crippen LogP contribution in [0.5, 0.6) is 5.75 Å². The first-order valence-corrected chi connectivity index (χ1v) is 6.26. The van der Waals surface area contributed by atoms with Crippen molar-refractivity contribution in [2.24, 2.45) is 0 Å². The minimum absolute atomic E-state index is 0.221. The lowest BCUT2D eigenvalue weighted by atomic mass is 10.1. The number of amides is 1. The summed E-state index contributed by atoms with van der Waals surface area (Å²) >= 11 is 0. The molecule has 0 aliphatic carbocycles. The van der Waals surface area contributed by atoms with Crippen molar-refractivity contribution >= 4 is 11.6 Å². The number of anilines is 1. The molecule has 20 heavy (non-hydrogen) atoms. The summed E-state index contributed by atoms with van der Waals surface area (Å²) in [4.78, 5) is 15.9. The van der Waals surface area contributed by atoms with Gasteiger partial charge in [0.1, 0.15) is 5.75 Å². The number of nitrogens with zero attached hydrogens (tertiary/aromatic N) is 2. The zero-order valence-corrected chi connectivity index (χ0v) is 11.1. The molecule has 0 aliphatic rings. The summed E-state index contributed by atoms with van der Waals surface area (Å²) in [5, 5.41) is 6.42. The molecule has 0 spiro atoms. The molecule has 1 heterocycles. The zero-order valence-electron chi connectivity index (χ0n) is 11.1. The maximum Gasteiger partial charge on any atom is 0.251 e. The van der Waals surface area contributed by atoms with Crippen LogP contribution in [0.1, 0.15) is 23.1 Å². The third kappa shape index (κ3) is 3.71. The van der Waals surface area contributed by atoms with Crippen LogP contribution >= 0.6 is 0 Å². The van der Waals surface area contributed by atoms with E-state index < -0.39 is 0 Å². The average molecular weight is 276 g/mol. The number of nitrogens with one attached hydrogen (secondary N) is 1. The average Bonchev–Trinajstić information content (AvgIpc) is 2.91. The highest BCUT2D eigenvalue weighted by Crippen LogP contribution is 2.18. The van der Waals surface area contributed by atoms with Crippen LogP contribution < -0.4 is 15.8 Å². The van der Waals surface area contributed by atoms with Gasteiger partial charge in [0.25, 0.3) is 5.91 Å². The Morgan fingerprint density at radius 1 is 1.45 bits per heavy atom. The third-order valence-electron chi connectivity index (χ3n) is 2.54. The predicted octanol–water partition coefficient (Wildman–Crippen LogP) is 1.02. The smallest absolute Gasteiger partial charge is 0.251 e. The Bertz CT molecular complexity index is 569. The second-order valence-corrected chi connectivity index (χ2v) is 4.08. The van der Waals surface area contributed by atoms with Gasteiger partial charge in [0.15, 0.2) is 5.82 Å². The van der Waals surface area contributed by atoms with E-state index in [0.29, 0.717) is 42.4 Å². The molecule has 1 aromatic heterocycles. The number of benzene rings is 1. The fourth-order valence-corrected chi connectivity index (χ4v) is 1.70. The van der Waals surface area contributed by atoms with Crippen molar-refractivity contribution < 1.29 is 14.1 Å². The van der Waals surface area contributed by atoms with Gasteiger partial charge in [0.05, 0.1) is 6.61 Å². The van der Waals surface area contributed by atoms with E-state index in [1.807, 2.05) is 6.92 Å². The second kappa shape index (κ2) is 6.55. The fraction of sp³-hybridized carbons (Fsp3) is 0.308. The maximum absolute atomic E-state index is 12.0. The van der Waals surface area contributed by atoms with Crippen LogP contribution in [0.4, 0.5) is 5.69 Å². The maximum atomic E-state index is 12.0. The molecule has 1 aromatic carbocycles. The summed E-state index contributed by atoms with van der Waals surface area (Å²) in [6.07, 6.45) is 1.76. The summed E-state index contributed by atoms with van der Waals surface area (Å²) in [7, 11) is 0. The number of rotatable bonds is 6. The molecule has 2 aromatic rings. The monoisotopic (exact) mass is 276 g/mol. The molecule has 2 rings (SSSR count). The molecule has 0 atom stereocenters. The molecule has 0 unspecified atom stereocenters. The summed E-state index contributed by atoms with van der Waals surface area (Å²) in [5.74, 6) is 0.908. The van der Waals surface area contributed by atoms with Gasteiger partial charge in [-0.15, -0.1) is 0 Å². The van der Waals surface area contributed by atoms with Crippen molar-refractivity contribution in [3.05, 3.63) is 36.0 Å². The Labute approximate surface area is 116 Å². The van der Waals surface area contributed by atoms with Crippen LogP contribution in [0, 0.1) is 0 Å². The van der Waals surface area contributed by atoms with E-state index in [2.05, 4.69) is 20.0 Å². The van der Waals surface area contributed by atoms with Crippen LogP contribution in [0.15, 0.2) is 29.1 Å². The van der Waals surface area contributed by atoms with Gasteiger partial charge >= 0.3 is 0 Å². The highest BCUT2D eigenvalue weighted by atomic mass is 16.5. The van der Waals surface area contributed by atoms with Crippen LogP contribution in [0.3, 0.4) is 0 Å². The molecule has 0 aliphatic heterocycles. The van der Waals surface area contributed by atoms with Crippen LogP contribution in [-0.2, 0) is 6.42 Å². The van der Waals surface area contributed by atoms with Gasteiger partial charge in [-0.2, -0.15) is 4.98 Å². The Balaban J connectivity index is 1.94. The molecule has 106 valence electrons.